The Morgan fingerprint density at radius 3 is 2.43 bits per heavy atom. The van der Waals surface area contributed by atoms with E-state index in [4.69, 9.17) is 0 Å². The minimum atomic E-state index is 0.0844. The van der Waals surface area contributed by atoms with Crippen molar-refractivity contribution in [3.05, 3.63) is 0 Å². The first-order valence-corrected chi connectivity index (χ1v) is 5.45. The number of carbonyl (C=O) groups excluding carboxylic acids is 1. The molecule has 0 amide bonds. The van der Waals surface area contributed by atoms with Gasteiger partial charge in [0.1, 0.15) is 5.78 Å². The van der Waals surface area contributed by atoms with Crippen LogP contribution in [0.4, 0.5) is 0 Å². The summed E-state index contributed by atoms with van der Waals surface area (Å²) in [5.74, 6) is 0.290. The van der Waals surface area contributed by atoms with Crippen molar-refractivity contribution >= 4 is 5.78 Å². The van der Waals surface area contributed by atoms with E-state index in [2.05, 4.69) is 37.6 Å². The number of hydrogen-bond acceptors (Lipinski definition) is 3. The van der Waals surface area contributed by atoms with Crippen LogP contribution in [0.25, 0.3) is 0 Å². The number of ketones is 1. The fourth-order valence-electron chi connectivity index (χ4n) is 2.43. The number of likely N-dealkylation sites (N-methyl/N-ethyl adjacent to an activating group) is 2. The summed E-state index contributed by atoms with van der Waals surface area (Å²) in [5.41, 5.74) is 0. The number of rotatable bonds is 2. The van der Waals surface area contributed by atoms with Crippen molar-refractivity contribution in [3.63, 3.8) is 0 Å². The van der Waals surface area contributed by atoms with E-state index in [1.807, 2.05) is 0 Å². The SMILES string of the molecule is CCN1CC(C)N(C)C(C)C1C(C)=O. The first kappa shape index (κ1) is 11.7. The second-order valence-corrected chi connectivity index (χ2v) is 4.40. The number of nitrogens with zero attached hydrogens (tertiary/aromatic N) is 2. The molecular weight excluding hydrogens is 176 g/mol. The van der Waals surface area contributed by atoms with Gasteiger partial charge in [0.2, 0.25) is 0 Å². The third-order valence-electron chi connectivity index (χ3n) is 3.51. The lowest BCUT2D eigenvalue weighted by Gasteiger charge is -2.47. The average molecular weight is 198 g/mol. The zero-order chi connectivity index (χ0) is 10.9. The molecule has 1 aliphatic rings. The van der Waals surface area contributed by atoms with Gasteiger partial charge in [0.15, 0.2) is 0 Å². The van der Waals surface area contributed by atoms with Crippen LogP contribution >= 0.6 is 0 Å². The van der Waals surface area contributed by atoms with Gasteiger partial charge in [-0.15, -0.1) is 0 Å². The maximum absolute atomic E-state index is 11.6. The van der Waals surface area contributed by atoms with Gasteiger partial charge in [-0.2, -0.15) is 0 Å². The molecule has 1 aliphatic heterocycles. The molecule has 0 spiro atoms. The maximum atomic E-state index is 11.6. The van der Waals surface area contributed by atoms with Crippen LogP contribution in [-0.4, -0.2) is 53.8 Å². The summed E-state index contributed by atoms with van der Waals surface area (Å²) >= 11 is 0. The molecule has 1 saturated heterocycles. The zero-order valence-electron chi connectivity index (χ0n) is 9.95. The highest BCUT2D eigenvalue weighted by molar-refractivity contribution is 5.82. The smallest absolute Gasteiger partial charge is 0.148 e. The van der Waals surface area contributed by atoms with E-state index in [0.29, 0.717) is 12.1 Å². The molecule has 3 unspecified atom stereocenters. The van der Waals surface area contributed by atoms with Crippen LogP contribution in [0, 0.1) is 0 Å². The summed E-state index contributed by atoms with van der Waals surface area (Å²) in [6.07, 6.45) is 0. The number of Topliss-reactive ketones (excluding diaryl/α,β-unsaturated/α-hetero) is 1. The van der Waals surface area contributed by atoms with Gasteiger partial charge >= 0.3 is 0 Å². The van der Waals surface area contributed by atoms with Crippen molar-refractivity contribution in [2.24, 2.45) is 0 Å². The van der Waals surface area contributed by atoms with E-state index in [0.717, 1.165) is 13.1 Å². The topological polar surface area (TPSA) is 23.6 Å². The molecule has 3 heteroatoms. The first-order chi connectivity index (χ1) is 6.49. The Labute approximate surface area is 87.1 Å². The van der Waals surface area contributed by atoms with Gasteiger partial charge in [0, 0.05) is 18.6 Å². The lowest BCUT2D eigenvalue weighted by molar-refractivity contribution is -0.127. The molecule has 14 heavy (non-hydrogen) atoms. The minimum absolute atomic E-state index is 0.0844. The van der Waals surface area contributed by atoms with Crippen molar-refractivity contribution in [2.75, 3.05) is 20.1 Å². The van der Waals surface area contributed by atoms with Gasteiger partial charge in [-0.3, -0.25) is 14.6 Å². The molecule has 0 bridgehead atoms. The zero-order valence-corrected chi connectivity index (χ0v) is 9.95. The van der Waals surface area contributed by atoms with Crippen molar-refractivity contribution < 1.29 is 4.79 Å². The van der Waals surface area contributed by atoms with E-state index in [-0.39, 0.29) is 11.8 Å². The van der Waals surface area contributed by atoms with Crippen molar-refractivity contribution in [3.8, 4) is 0 Å². The number of carbonyl (C=O) groups is 1. The number of piperazine rings is 1. The molecule has 0 aromatic rings. The van der Waals surface area contributed by atoms with Crippen LogP contribution in [0.15, 0.2) is 0 Å². The molecule has 1 rings (SSSR count). The Balaban J connectivity index is 2.83. The van der Waals surface area contributed by atoms with Gasteiger partial charge in [-0.25, -0.2) is 0 Å². The van der Waals surface area contributed by atoms with Crippen molar-refractivity contribution in [1.29, 1.82) is 0 Å². The van der Waals surface area contributed by atoms with Crippen LogP contribution < -0.4 is 0 Å². The second kappa shape index (κ2) is 4.41. The van der Waals surface area contributed by atoms with E-state index >= 15 is 0 Å². The minimum Gasteiger partial charge on any atom is -0.298 e. The normalized spacial score (nSPS) is 35.9. The molecule has 0 aromatic heterocycles. The highest BCUT2D eigenvalue weighted by Gasteiger charge is 2.37. The van der Waals surface area contributed by atoms with Crippen LogP contribution in [0.3, 0.4) is 0 Å². The predicted octanol–water partition coefficient (Wildman–Crippen LogP) is 0.988. The number of hydrogen-bond donors (Lipinski definition) is 0. The van der Waals surface area contributed by atoms with E-state index in [1.54, 1.807) is 6.92 Å². The van der Waals surface area contributed by atoms with E-state index < -0.39 is 0 Å². The van der Waals surface area contributed by atoms with Crippen molar-refractivity contribution in [2.45, 2.75) is 45.8 Å². The molecule has 1 heterocycles. The lowest BCUT2D eigenvalue weighted by Crippen LogP contribution is -2.62. The van der Waals surface area contributed by atoms with Gasteiger partial charge in [0.25, 0.3) is 0 Å². The maximum Gasteiger partial charge on any atom is 0.148 e. The standard InChI is InChI=1S/C11H22N2O/c1-6-13-7-8(2)12(5)9(3)11(13)10(4)14/h8-9,11H,6-7H2,1-5H3. The largest absolute Gasteiger partial charge is 0.298 e. The van der Waals surface area contributed by atoms with Gasteiger partial charge < -0.3 is 0 Å². The Hall–Kier alpha value is -0.410. The Kier molecular flexibility index (Phi) is 3.67. The lowest BCUT2D eigenvalue weighted by atomic mass is 9.97. The molecule has 0 aromatic carbocycles. The molecule has 82 valence electrons. The summed E-state index contributed by atoms with van der Waals surface area (Å²) in [5, 5.41) is 0. The van der Waals surface area contributed by atoms with Crippen molar-refractivity contribution in [1.82, 2.24) is 9.80 Å². The summed E-state index contributed by atoms with van der Waals surface area (Å²) in [7, 11) is 2.11. The summed E-state index contributed by atoms with van der Waals surface area (Å²) in [6.45, 7) is 10.2. The van der Waals surface area contributed by atoms with Crippen LogP contribution in [0.2, 0.25) is 0 Å². The molecule has 3 atom stereocenters. The summed E-state index contributed by atoms with van der Waals surface area (Å²) in [4.78, 5) is 16.2. The molecule has 0 aliphatic carbocycles. The van der Waals surface area contributed by atoms with Crippen LogP contribution in [0.1, 0.15) is 27.7 Å². The van der Waals surface area contributed by atoms with Gasteiger partial charge in [-0.1, -0.05) is 6.92 Å². The average Bonchev–Trinajstić information content (AvgIpc) is 2.12. The highest BCUT2D eigenvalue weighted by Crippen LogP contribution is 2.20. The molecule has 0 N–H and O–H groups in total. The fourth-order valence-corrected chi connectivity index (χ4v) is 2.43. The third-order valence-corrected chi connectivity index (χ3v) is 3.51. The van der Waals surface area contributed by atoms with Crippen LogP contribution in [-0.2, 0) is 4.79 Å². The summed E-state index contributed by atoms with van der Waals surface area (Å²) < 4.78 is 0. The molecular formula is C11H22N2O. The molecule has 3 nitrogen and oxygen atoms in total. The highest BCUT2D eigenvalue weighted by atomic mass is 16.1. The molecule has 0 saturated carbocycles. The second-order valence-electron chi connectivity index (χ2n) is 4.40. The van der Waals surface area contributed by atoms with Gasteiger partial charge in [-0.05, 0) is 34.4 Å². The first-order valence-electron chi connectivity index (χ1n) is 5.45. The van der Waals surface area contributed by atoms with E-state index in [1.165, 1.54) is 0 Å². The predicted molar refractivity (Wildman–Crippen MR) is 58.4 cm³/mol. The van der Waals surface area contributed by atoms with Gasteiger partial charge in [0.05, 0.1) is 6.04 Å². The third kappa shape index (κ3) is 1.98. The Bertz CT molecular complexity index is 215. The summed E-state index contributed by atoms with van der Waals surface area (Å²) in [6, 6.07) is 0.956. The fraction of sp³-hybridized carbons (Fsp3) is 0.909. The van der Waals surface area contributed by atoms with Crippen LogP contribution in [0.5, 0.6) is 0 Å². The molecule has 1 fully saturated rings. The molecule has 0 radical (unpaired) electrons. The Morgan fingerprint density at radius 2 is 2.00 bits per heavy atom. The monoisotopic (exact) mass is 198 g/mol. The Morgan fingerprint density at radius 1 is 1.43 bits per heavy atom. The van der Waals surface area contributed by atoms with E-state index in [9.17, 15) is 4.79 Å². The quantitative estimate of drug-likeness (QED) is 0.661.